The topological polar surface area (TPSA) is 46.6 Å². The van der Waals surface area contributed by atoms with Crippen molar-refractivity contribution >= 4 is 17.7 Å². The Kier molecular flexibility index (Phi) is 3.61. The maximum Gasteiger partial charge on any atom is 0.225 e. The minimum atomic E-state index is -0.0599. The van der Waals surface area contributed by atoms with Gasteiger partial charge >= 0.3 is 0 Å². The van der Waals surface area contributed by atoms with Crippen LogP contribution in [0.5, 0.6) is 0 Å². The molecule has 1 aliphatic rings. The molecule has 0 saturated carbocycles. The average Bonchev–Trinajstić information content (AvgIpc) is 3.01. The molecular formula is C15H17NO3S. The van der Waals surface area contributed by atoms with E-state index >= 15 is 0 Å². The van der Waals surface area contributed by atoms with Gasteiger partial charge in [-0.15, -0.1) is 11.8 Å². The van der Waals surface area contributed by atoms with Gasteiger partial charge in [0.2, 0.25) is 5.91 Å². The summed E-state index contributed by atoms with van der Waals surface area (Å²) in [7, 11) is 0. The Morgan fingerprint density at radius 1 is 1.20 bits per heavy atom. The number of thioether (sulfide) groups is 1. The first-order chi connectivity index (χ1) is 9.63. The highest BCUT2D eigenvalue weighted by Crippen LogP contribution is 2.39. The molecular weight excluding hydrogens is 274 g/mol. The summed E-state index contributed by atoms with van der Waals surface area (Å²) in [5.41, 5.74) is 0. The molecule has 4 nitrogen and oxygen atoms in total. The summed E-state index contributed by atoms with van der Waals surface area (Å²) in [4.78, 5) is 14.1. The van der Waals surface area contributed by atoms with Crippen molar-refractivity contribution in [2.75, 3.05) is 5.75 Å². The van der Waals surface area contributed by atoms with Gasteiger partial charge in [-0.25, -0.2) is 0 Å². The molecule has 1 amide bonds. The van der Waals surface area contributed by atoms with E-state index in [0.717, 1.165) is 28.8 Å². The molecule has 0 aliphatic carbocycles. The normalized spacial score (nSPS) is 19.6. The highest BCUT2D eigenvalue weighted by atomic mass is 32.2. The quantitative estimate of drug-likeness (QED) is 0.866. The predicted octanol–water partition coefficient (Wildman–Crippen LogP) is 3.65. The Balaban J connectivity index is 1.85. The summed E-state index contributed by atoms with van der Waals surface area (Å²) >= 11 is 1.74. The molecule has 0 bridgehead atoms. The minimum Gasteiger partial charge on any atom is -0.464 e. The molecule has 20 heavy (non-hydrogen) atoms. The van der Waals surface area contributed by atoms with E-state index < -0.39 is 0 Å². The zero-order valence-electron chi connectivity index (χ0n) is 11.6. The molecule has 1 fully saturated rings. The van der Waals surface area contributed by atoms with E-state index in [-0.39, 0.29) is 11.3 Å². The molecule has 1 unspecified atom stereocenters. The van der Waals surface area contributed by atoms with Gasteiger partial charge in [0, 0.05) is 12.2 Å². The average molecular weight is 291 g/mol. The second-order valence-corrected chi connectivity index (χ2v) is 6.14. The van der Waals surface area contributed by atoms with Crippen molar-refractivity contribution in [3.05, 3.63) is 47.3 Å². The second-order valence-electron chi connectivity index (χ2n) is 4.96. The number of carbonyl (C=O) groups is 1. The Morgan fingerprint density at radius 3 is 2.60 bits per heavy atom. The molecule has 5 heteroatoms. The number of hydrogen-bond donors (Lipinski definition) is 0. The lowest BCUT2D eigenvalue weighted by Crippen LogP contribution is -2.36. The molecule has 0 aromatic carbocycles. The third-order valence-electron chi connectivity index (χ3n) is 3.32. The van der Waals surface area contributed by atoms with Crippen LogP contribution in [0.4, 0.5) is 0 Å². The van der Waals surface area contributed by atoms with E-state index in [4.69, 9.17) is 8.83 Å². The number of aryl methyl sites for hydroxylation is 2. The van der Waals surface area contributed by atoms with Crippen LogP contribution in [-0.2, 0) is 11.3 Å². The van der Waals surface area contributed by atoms with Crippen LogP contribution in [0.15, 0.2) is 33.1 Å². The van der Waals surface area contributed by atoms with Crippen molar-refractivity contribution in [3.63, 3.8) is 0 Å². The fraction of sp³-hybridized carbons (Fsp3) is 0.400. The van der Waals surface area contributed by atoms with Crippen LogP contribution in [0.3, 0.4) is 0 Å². The highest BCUT2D eigenvalue weighted by molar-refractivity contribution is 7.99. The van der Waals surface area contributed by atoms with E-state index in [2.05, 4.69) is 0 Å². The number of amides is 1. The Bertz CT molecular complexity index is 616. The lowest BCUT2D eigenvalue weighted by atomic mass is 10.3. The van der Waals surface area contributed by atoms with Gasteiger partial charge in [0.25, 0.3) is 0 Å². The number of rotatable bonds is 3. The van der Waals surface area contributed by atoms with Crippen molar-refractivity contribution in [1.82, 2.24) is 4.90 Å². The number of hydrogen-bond acceptors (Lipinski definition) is 4. The molecule has 0 radical (unpaired) electrons. The van der Waals surface area contributed by atoms with Gasteiger partial charge in [0.15, 0.2) is 0 Å². The molecule has 3 heterocycles. The smallest absolute Gasteiger partial charge is 0.225 e. The van der Waals surface area contributed by atoms with Gasteiger partial charge in [0.05, 0.1) is 6.54 Å². The van der Waals surface area contributed by atoms with Crippen molar-refractivity contribution < 1.29 is 13.6 Å². The van der Waals surface area contributed by atoms with Gasteiger partial charge in [-0.2, -0.15) is 0 Å². The van der Waals surface area contributed by atoms with Gasteiger partial charge in [-0.1, -0.05) is 0 Å². The molecule has 106 valence electrons. The van der Waals surface area contributed by atoms with Crippen LogP contribution in [0, 0.1) is 13.8 Å². The molecule has 2 aromatic rings. The van der Waals surface area contributed by atoms with E-state index in [9.17, 15) is 4.79 Å². The minimum absolute atomic E-state index is 0.0599. The van der Waals surface area contributed by atoms with Crippen molar-refractivity contribution in [2.45, 2.75) is 32.2 Å². The summed E-state index contributed by atoms with van der Waals surface area (Å²) in [6.45, 7) is 4.31. The van der Waals surface area contributed by atoms with E-state index in [1.807, 2.05) is 43.0 Å². The zero-order chi connectivity index (χ0) is 14.1. The third-order valence-corrected chi connectivity index (χ3v) is 4.56. The highest BCUT2D eigenvalue weighted by Gasteiger charge is 2.32. The fourth-order valence-corrected chi connectivity index (χ4v) is 3.53. The molecule has 1 atom stereocenters. The largest absolute Gasteiger partial charge is 0.464 e. The molecule has 3 rings (SSSR count). The summed E-state index contributed by atoms with van der Waals surface area (Å²) in [6.07, 6.45) is 0.570. The maximum absolute atomic E-state index is 12.2. The van der Waals surface area contributed by atoms with Crippen molar-refractivity contribution in [1.29, 1.82) is 0 Å². The van der Waals surface area contributed by atoms with Crippen LogP contribution in [0.1, 0.15) is 34.8 Å². The zero-order valence-corrected chi connectivity index (χ0v) is 12.4. The molecule has 2 aromatic heterocycles. The van der Waals surface area contributed by atoms with Crippen molar-refractivity contribution in [3.8, 4) is 0 Å². The molecule has 0 spiro atoms. The molecule has 0 N–H and O–H groups in total. The lowest BCUT2D eigenvalue weighted by molar-refractivity contribution is -0.133. The van der Waals surface area contributed by atoms with Crippen LogP contribution >= 0.6 is 11.8 Å². The predicted molar refractivity (Wildman–Crippen MR) is 77.3 cm³/mol. The van der Waals surface area contributed by atoms with Gasteiger partial charge < -0.3 is 13.7 Å². The van der Waals surface area contributed by atoms with Crippen LogP contribution in [-0.4, -0.2) is 16.6 Å². The molecule has 1 saturated heterocycles. The van der Waals surface area contributed by atoms with Gasteiger partial charge in [-0.3, -0.25) is 4.79 Å². The van der Waals surface area contributed by atoms with Gasteiger partial charge in [0.1, 0.15) is 28.4 Å². The van der Waals surface area contributed by atoms with Crippen LogP contribution in [0.25, 0.3) is 0 Å². The monoisotopic (exact) mass is 291 g/mol. The Morgan fingerprint density at radius 2 is 1.95 bits per heavy atom. The second kappa shape index (κ2) is 5.40. The van der Waals surface area contributed by atoms with Crippen molar-refractivity contribution in [2.24, 2.45) is 0 Å². The lowest BCUT2D eigenvalue weighted by Gasteiger charge is -2.33. The standard InChI is InChI=1S/C15H17NO3S/c1-10-3-5-12(18-10)9-16-14(17)7-8-20-15(16)13-6-4-11(2)19-13/h3-6,15H,7-9H2,1-2H3. The van der Waals surface area contributed by atoms with E-state index in [0.29, 0.717) is 13.0 Å². The summed E-state index contributed by atoms with van der Waals surface area (Å²) < 4.78 is 11.3. The van der Waals surface area contributed by atoms with E-state index in [1.54, 1.807) is 11.8 Å². The third kappa shape index (κ3) is 2.63. The summed E-state index contributed by atoms with van der Waals surface area (Å²) in [6, 6.07) is 7.73. The summed E-state index contributed by atoms with van der Waals surface area (Å²) in [5.74, 6) is 4.36. The van der Waals surface area contributed by atoms with Crippen LogP contribution in [0.2, 0.25) is 0 Å². The van der Waals surface area contributed by atoms with E-state index in [1.165, 1.54) is 0 Å². The van der Waals surface area contributed by atoms with Gasteiger partial charge in [-0.05, 0) is 38.1 Å². The number of carbonyl (C=O) groups excluding carboxylic acids is 1. The SMILES string of the molecule is Cc1ccc(CN2C(=O)CCSC2c2ccc(C)o2)o1. The summed E-state index contributed by atoms with van der Waals surface area (Å²) in [5, 5.41) is -0.0599. The maximum atomic E-state index is 12.2. The first-order valence-electron chi connectivity index (χ1n) is 6.66. The number of furan rings is 2. The Hall–Kier alpha value is -1.62. The first kappa shape index (κ1) is 13.4. The first-order valence-corrected chi connectivity index (χ1v) is 7.71. The molecule has 1 aliphatic heterocycles. The number of nitrogens with zero attached hydrogens (tertiary/aromatic N) is 1. The Labute approximate surface area is 122 Å². The fourth-order valence-electron chi connectivity index (χ4n) is 2.35. The van der Waals surface area contributed by atoms with Crippen LogP contribution < -0.4 is 0 Å².